The molecule has 5 nitrogen and oxygen atoms in total. The Labute approximate surface area is 141 Å². The summed E-state index contributed by atoms with van der Waals surface area (Å²) in [5, 5.41) is 9.71. The Morgan fingerprint density at radius 1 is 1.29 bits per heavy atom. The second kappa shape index (κ2) is 7.18. The van der Waals surface area contributed by atoms with Gasteiger partial charge in [-0.1, -0.05) is 24.3 Å². The van der Waals surface area contributed by atoms with Gasteiger partial charge in [0, 0.05) is 11.6 Å². The molecule has 0 saturated carbocycles. The summed E-state index contributed by atoms with van der Waals surface area (Å²) in [6.07, 6.45) is 1.81. The van der Waals surface area contributed by atoms with Gasteiger partial charge in [-0.15, -0.1) is 21.5 Å². The summed E-state index contributed by atoms with van der Waals surface area (Å²) in [4.78, 5) is 12.7. The van der Waals surface area contributed by atoms with Crippen molar-refractivity contribution < 1.29 is 18.3 Å². The third-order valence-corrected chi connectivity index (χ3v) is 3.98. The zero-order valence-electron chi connectivity index (χ0n) is 12.7. The number of ether oxygens (including phenoxy) is 1. The van der Waals surface area contributed by atoms with Gasteiger partial charge >= 0.3 is 5.97 Å². The second-order valence-electron chi connectivity index (χ2n) is 4.86. The van der Waals surface area contributed by atoms with Crippen LogP contribution in [0.2, 0.25) is 0 Å². The number of esters is 1. The number of nitrogens with zero attached hydrogens (tertiary/aromatic N) is 2. The molecular formula is C17H13FN2O3S. The minimum Gasteiger partial charge on any atom is -0.449 e. The van der Waals surface area contributed by atoms with Gasteiger partial charge in [-0.3, -0.25) is 0 Å². The zero-order valence-corrected chi connectivity index (χ0v) is 13.5. The molecule has 7 heteroatoms. The Bertz CT molecular complexity index is 858. The van der Waals surface area contributed by atoms with Crippen LogP contribution in [0.4, 0.5) is 4.39 Å². The fraction of sp³-hybridized carbons (Fsp3) is 0.118. The van der Waals surface area contributed by atoms with E-state index in [2.05, 4.69) is 10.2 Å². The highest BCUT2D eigenvalue weighted by molar-refractivity contribution is 7.13. The molecule has 0 bridgehead atoms. The summed E-state index contributed by atoms with van der Waals surface area (Å²) in [5.41, 5.74) is 0.305. The molecule has 3 aromatic rings. The molecule has 0 saturated heterocycles. The van der Waals surface area contributed by atoms with Crippen LogP contribution in [0.25, 0.3) is 16.8 Å². The lowest BCUT2D eigenvalue weighted by Crippen LogP contribution is -2.06. The number of halogens is 1. The molecule has 2 heterocycles. The fourth-order valence-electron chi connectivity index (χ4n) is 1.93. The number of hydrogen-bond donors (Lipinski definition) is 0. The summed E-state index contributed by atoms with van der Waals surface area (Å²) in [6, 6.07) is 9.87. The van der Waals surface area contributed by atoms with Crippen molar-refractivity contribution in [2.24, 2.45) is 0 Å². The number of benzene rings is 1. The Hall–Kier alpha value is -2.80. The lowest BCUT2D eigenvalue weighted by molar-refractivity contribution is -0.143. The number of aromatic nitrogens is 2. The lowest BCUT2D eigenvalue weighted by atomic mass is 10.2. The third-order valence-electron chi connectivity index (χ3n) is 3.12. The number of carbonyl (C=O) groups is 1. The highest BCUT2D eigenvalue weighted by Gasteiger charge is 2.18. The average Bonchev–Trinajstić information content (AvgIpc) is 3.25. The summed E-state index contributed by atoms with van der Waals surface area (Å²) >= 11 is 1.47. The van der Waals surface area contributed by atoms with E-state index in [0.717, 1.165) is 11.0 Å². The maximum Gasteiger partial charge on any atom is 0.331 e. The van der Waals surface area contributed by atoms with Gasteiger partial charge in [0.1, 0.15) is 5.82 Å². The van der Waals surface area contributed by atoms with E-state index >= 15 is 0 Å². The van der Waals surface area contributed by atoms with E-state index in [-0.39, 0.29) is 5.89 Å². The van der Waals surface area contributed by atoms with Gasteiger partial charge in [0.15, 0.2) is 6.10 Å². The van der Waals surface area contributed by atoms with Crippen molar-refractivity contribution >= 4 is 23.4 Å². The third kappa shape index (κ3) is 3.75. The topological polar surface area (TPSA) is 65.2 Å². The smallest absolute Gasteiger partial charge is 0.331 e. The molecule has 0 aliphatic carbocycles. The summed E-state index contributed by atoms with van der Waals surface area (Å²) in [5.74, 6) is -0.454. The predicted octanol–water partition coefficient (Wildman–Crippen LogP) is 4.25. The minimum atomic E-state index is -0.705. The lowest BCUT2D eigenvalue weighted by Gasteiger charge is -2.06. The normalized spacial score (nSPS) is 12.4. The van der Waals surface area contributed by atoms with Crippen LogP contribution in [0.1, 0.15) is 24.5 Å². The first kappa shape index (κ1) is 16.1. The quantitative estimate of drug-likeness (QED) is 0.511. The molecule has 0 unspecified atom stereocenters. The molecule has 0 spiro atoms. The maximum absolute atomic E-state index is 13.5. The second-order valence-corrected chi connectivity index (χ2v) is 5.80. The molecule has 24 heavy (non-hydrogen) atoms. The molecule has 0 aliphatic heterocycles. The summed E-state index contributed by atoms with van der Waals surface area (Å²) in [7, 11) is 0. The van der Waals surface area contributed by atoms with E-state index in [4.69, 9.17) is 9.15 Å². The number of thiophene rings is 1. The minimum absolute atomic E-state index is 0.200. The van der Waals surface area contributed by atoms with Gasteiger partial charge < -0.3 is 9.15 Å². The number of hydrogen-bond acceptors (Lipinski definition) is 6. The van der Waals surface area contributed by atoms with Crippen LogP contribution in [-0.4, -0.2) is 16.2 Å². The summed E-state index contributed by atoms with van der Waals surface area (Å²) in [6.45, 7) is 1.63. The molecule has 0 amide bonds. The molecule has 0 radical (unpaired) electrons. The van der Waals surface area contributed by atoms with Crippen LogP contribution < -0.4 is 0 Å². The number of carbonyl (C=O) groups excluding carboxylic acids is 1. The molecule has 0 fully saturated rings. The Morgan fingerprint density at radius 2 is 2.12 bits per heavy atom. The largest absolute Gasteiger partial charge is 0.449 e. The molecule has 0 aliphatic rings. The molecule has 122 valence electrons. The molecule has 0 N–H and O–H groups in total. The molecule has 3 rings (SSSR count). The van der Waals surface area contributed by atoms with Gasteiger partial charge in [0.25, 0.3) is 11.8 Å². The molecule has 2 aromatic heterocycles. The van der Waals surface area contributed by atoms with Crippen molar-refractivity contribution in [1.29, 1.82) is 0 Å². The van der Waals surface area contributed by atoms with Crippen molar-refractivity contribution in [3.63, 3.8) is 0 Å². The van der Waals surface area contributed by atoms with Crippen LogP contribution >= 0.6 is 11.3 Å². The maximum atomic E-state index is 13.5. The van der Waals surface area contributed by atoms with Crippen molar-refractivity contribution in [3.05, 3.63) is 65.1 Å². The van der Waals surface area contributed by atoms with Crippen molar-refractivity contribution in [2.75, 3.05) is 0 Å². The van der Waals surface area contributed by atoms with E-state index < -0.39 is 17.9 Å². The molecular weight excluding hydrogens is 331 g/mol. The molecule has 1 aromatic carbocycles. The van der Waals surface area contributed by atoms with Gasteiger partial charge in [-0.05, 0) is 30.5 Å². The Morgan fingerprint density at radius 3 is 2.88 bits per heavy atom. The van der Waals surface area contributed by atoms with Crippen LogP contribution in [0.15, 0.2) is 52.3 Å². The van der Waals surface area contributed by atoms with Crippen molar-refractivity contribution in [3.8, 4) is 10.8 Å². The zero-order chi connectivity index (χ0) is 16.9. The van der Waals surface area contributed by atoms with Crippen LogP contribution in [0.3, 0.4) is 0 Å². The van der Waals surface area contributed by atoms with Gasteiger partial charge in [0.2, 0.25) is 0 Å². The van der Waals surface area contributed by atoms with E-state index in [1.54, 1.807) is 25.1 Å². The Kier molecular flexibility index (Phi) is 4.81. The van der Waals surface area contributed by atoms with Crippen LogP contribution in [0.5, 0.6) is 0 Å². The SMILES string of the molecule is C[C@H](OC(=O)/C=C/c1ccccc1F)c1nnc(-c2cccs2)o1. The van der Waals surface area contributed by atoms with Gasteiger partial charge in [-0.2, -0.15) is 0 Å². The van der Waals surface area contributed by atoms with Crippen LogP contribution in [0, 0.1) is 5.82 Å². The average molecular weight is 344 g/mol. The van der Waals surface area contributed by atoms with E-state index in [1.807, 2.05) is 17.5 Å². The van der Waals surface area contributed by atoms with Gasteiger partial charge in [-0.25, -0.2) is 9.18 Å². The van der Waals surface area contributed by atoms with E-state index in [9.17, 15) is 9.18 Å². The first-order valence-electron chi connectivity index (χ1n) is 7.14. The van der Waals surface area contributed by atoms with E-state index in [0.29, 0.717) is 11.5 Å². The Balaban J connectivity index is 1.63. The molecule has 1 atom stereocenters. The predicted molar refractivity (Wildman–Crippen MR) is 87.6 cm³/mol. The standard InChI is InChI=1S/C17H13FN2O3S/c1-11(16-19-20-17(23-16)14-7-4-10-24-14)22-15(21)9-8-12-5-2-3-6-13(12)18/h2-11H,1H3/b9-8+/t11-/m0/s1. The highest BCUT2D eigenvalue weighted by atomic mass is 32.1. The monoisotopic (exact) mass is 344 g/mol. The fourth-order valence-corrected chi connectivity index (χ4v) is 2.57. The van der Waals surface area contributed by atoms with Gasteiger partial charge in [0.05, 0.1) is 4.88 Å². The summed E-state index contributed by atoms with van der Waals surface area (Å²) < 4.78 is 24.2. The van der Waals surface area contributed by atoms with Crippen LogP contribution in [-0.2, 0) is 9.53 Å². The van der Waals surface area contributed by atoms with Crippen molar-refractivity contribution in [1.82, 2.24) is 10.2 Å². The highest BCUT2D eigenvalue weighted by Crippen LogP contribution is 2.25. The van der Waals surface area contributed by atoms with E-state index in [1.165, 1.54) is 23.5 Å². The first-order valence-corrected chi connectivity index (χ1v) is 8.02. The first-order chi connectivity index (χ1) is 11.6. The number of rotatable bonds is 5. The van der Waals surface area contributed by atoms with Crippen molar-refractivity contribution in [2.45, 2.75) is 13.0 Å².